The van der Waals surface area contributed by atoms with Gasteiger partial charge >= 0.3 is 0 Å². The van der Waals surface area contributed by atoms with Crippen molar-refractivity contribution in [2.45, 2.75) is 31.8 Å². The van der Waals surface area contributed by atoms with Crippen LogP contribution in [0.1, 0.15) is 31.4 Å². The minimum absolute atomic E-state index is 0.0256. The zero-order valence-electron chi connectivity index (χ0n) is 12.1. The molecule has 1 aliphatic heterocycles. The average Bonchev–Trinajstić information content (AvgIpc) is 2.37. The van der Waals surface area contributed by atoms with Crippen molar-refractivity contribution in [3.8, 4) is 0 Å². The summed E-state index contributed by atoms with van der Waals surface area (Å²) >= 11 is 6.41. The molecule has 0 spiro atoms. The van der Waals surface area contributed by atoms with E-state index in [0.29, 0.717) is 6.04 Å². The van der Waals surface area contributed by atoms with Gasteiger partial charge in [0.1, 0.15) is 0 Å². The van der Waals surface area contributed by atoms with E-state index in [1.165, 1.54) is 19.4 Å². The fourth-order valence-electron chi connectivity index (χ4n) is 2.74. The van der Waals surface area contributed by atoms with Gasteiger partial charge in [-0.3, -0.25) is 0 Å². The van der Waals surface area contributed by atoms with Crippen LogP contribution in [0.3, 0.4) is 0 Å². The van der Waals surface area contributed by atoms with Gasteiger partial charge in [0.05, 0.1) is 10.7 Å². The summed E-state index contributed by atoms with van der Waals surface area (Å²) in [7, 11) is 4.32. The molecule has 2 rings (SSSR count). The third-order valence-electron chi connectivity index (χ3n) is 4.02. The lowest BCUT2D eigenvalue weighted by molar-refractivity contribution is 0.248. The molecule has 0 aromatic heterocycles. The number of anilines is 1. The molecule has 4 heteroatoms. The highest BCUT2D eigenvalue weighted by Gasteiger charge is 2.22. The summed E-state index contributed by atoms with van der Waals surface area (Å²) in [5, 5.41) is 0.797. The Kier molecular flexibility index (Phi) is 4.71. The van der Waals surface area contributed by atoms with Gasteiger partial charge in [-0.05, 0) is 51.1 Å². The van der Waals surface area contributed by atoms with Crippen molar-refractivity contribution in [3.63, 3.8) is 0 Å². The van der Waals surface area contributed by atoms with Crippen LogP contribution in [-0.2, 0) is 0 Å². The summed E-state index contributed by atoms with van der Waals surface area (Å²) in [4.78, 5) is 4.69. The number of hydrogen-bond acceptors (Lipinski definition) is 3. The Labute approximate surface area is 121 Å². The normalized spacial score (nSPS) is 22.3. The third-order valence-corrected chi connectivity index (χ3v) is 4.33. The van der Waals surface area contributed by atoms with E-state index in [4.69, 9.17) is 17.3 Å². The Morgan fingerprint density at radius 3 is 2.79 bits per heavy atom. The van der Waals surface area contributed by atoms with Crippen molar-refractivity contribution < 1.29 is 0 Å². The zero-order chi connectivity index (χ0) is 14.0. The predicted octanol–water partition coefficient (Wildman–Crippen LogP) is 2.89. The van der Waals surface area contributed by atoms with E-state index in [1.807, 2.05) is 13.0 Å². The lowest BCUT2D eigenvalue weighted by Crippen LogP contribution is -2.45. The lowest BCUT2D eigenvalue weighted by Gasteiger charge is -2.37. The van der Waals surface area contributed by atoms with Crippen molar-refractivity contribution in [2.75, 3.05) is 32.1 Å². The molecule has 1 saturated heterocycles. The third kappa shape index (κ3) is 3.41. The van der Waals surface area contributed by atoms with Gasteiger partial charge in [-0.2, -0.15) is 0 Å². The highest BCUT2D eigenvalue weighted by atomic mass is 35.5. The first kappa shape index (κ1) is 14.6. The Hall–Kier alpha value is -0.770. The minimum Gasteiger partial charge on any atom is -0.369 e. The first-order valence-corrected chi connectivity index (χ1v) is 7.33. The lowest BCUT2D eigenvalue weighted by atomic mass is 10.0. The van der Waals surface area contributed by atoms with Crippen LogP contribution in [0.4, 0.5) is 5.69 Å². The van der Waals surface area contributed by atoms with E-state index in [-0.39, 0.29) is 6.04 Å². The number of nitrogens with two attached hydrogens (primary N) is 1. The Morgan fingerprint density at radius 1 is 1.47 bits per heavy atom. The topological polar surface area (TPSA) is 32.5 Å². The van der Waals surface area contributed by atoms with Crippen molar-refractivity contribution in [3.05, 3.63) is 28.8 Å². The average molecular weight is 282 g/mol. The number of likely N-dealkylation sites (tertiary alicyclic amines) is 1. The highest BCUT2D eigenvalue weighted by Crippen LogP contribution is 2.30. The predicted molar refractivity (Wildman–Crippen MR) is 83.0 cm³/mol. The van der Waals surface area contributed by atoms with Gasteiger partial charge in [0, 0.05) is 25.7 Å². The molecule has 2 N–H and O–H groups in total. The van der Waals surface area contributed by atoms with Crippen LogP contribution < -0.4 is 10.6 Å². The molecule has 0 amide bonds. The van der Waals surface area contributed by atoms with Gasteiger partial charge in [0.15, 0.2) is 0 Å². The van der Waals surface area contributed by atoms with E-state index < -0.39 is 0 Å². The molecule has 1 fully saturated rings. The monoisotopic (exact) mass is 281 g/mol. The van der Waals surface area contributed by atoms with Gasteiger partial charge in [-0.25, -0.2) is 0 Å². The summed E-state index contributed by atoms with van der Waals surface area (Å²) in [6.45, 7) is 4.27. The number of benzene rings is 1. The fourth-order valence-corrected chi connectivity index (χ4v) is 3.07. The Morgan fingerprint density at radius 2 is 2.21 bits per heavy atom. The molecule has 0 aliphatic carbocycles. The van der Waals surface area contributed by atoms with E-state index in [2.05, 4.69) is 36.0 Å². The second-order valence-corrected chi connectivity index (χ2v) is 6.08. The van der Waals surface area contributed by atoms with Gasteiger partial charge in [0.25, 0.3) is 0 Å². The summed E-state index contributed by atoms with van der Waals surface area (Å²) in [5.41, 5.74) is 8.08. The van der Waals surface area contributed by atoms with Gasteiger partial charge < -0.3 is 15.5 Å². The van der Waals surface area contributed by atoms with Crippen molar-refractivity contribution in [1.29, 1.82) is 0 Å². The smallest absolute Gasteiger partial charge is 0.0642 e. The van der Waals surface area contributed by atoms with Crippen molar-refractivity contribution in [1.82, 2.24) is 4.90 Å². The molecule has 1 aromatic carbocycles. The Bertz CT molecular complexity index is 433. The molecule has 3 nitrogen and oxygen atoms in total. The molecule has 106 valence electrons. The zero-order valence-corrected chi connectivity index (χ0v) is 12.8. The molecule has 0 radical (unpaired) electrons. The maximum absolute atomic E-state index is 6.41. The summed E-state index contributed by atoms with van der Waals surface area (Å²) in [6.07, 6.45) is 2.48. The fraction of sp³-hybridized carbons (Fsp3) is 0.600. The van der Waals surface area contributed by atoms with Gasteiger partial charge in [-0.15, -0.1) is 0 Å². The van der Waals surface area contributed by atoms with Crippen LogP contribution >= 0.6 is 11.6 Å². The molecule has 1 aliphatic rings. The van der Waals surface area contributed by atoms with Crippen LogP contribution in [-0.4, -0.2) is 38.1 Å². The largest absolute Gasteiger partial charge is 0.369 e. The molecule has 0 saturated carbocycles. The first-order valence-electron chi connectivity index (χ1n) is 6.95. The maximum Gasteiger partial charge on any atom is 0.0642 e. The number of piperidine rings is 1. The standard InChI is InChI=1S/C15H24ClN3/c1-11(17)12-6-7-15(14(16)9-12)19(3)13-5-4-8-18(2)10-13/h6-7,9,11,13H,4-5,8,10,17H2,1-3H3/t11-,13?/m0/s1. The van der Waals surface area contributed by atoms with Crippen LogP contribution in [0.25, 0.3) is 0 Å². The maximum atomic E-state index is 6.41. The van der Waals surface area contributed by atoms with Gasteiger partial charge in [-0.1, -0.05) is 17.7 Å². The molecular formula is C15H24ClN3. The minimum atomic E-state index is 0.0256. The van der Waals surface area contributed by atoms with Crippen LogP contribution in [0.2, 0.25) is 5.02 Å². The second-order valence-electron chi connectivity index (χ2n) is 5.67. The first-order chi connectivity index (χ1) is 8.99. The van der Waals surface area contributed by atoms with Gasteiger partial charge in [0.2, 0.25) is 0 Å². The summed E-state index contributed by atoms with van der Waals surface area (Å²) in [6, 6.07) is 6.73. The van der Waals surface area contributed by atoms with E-state index >= 15 is 0 Å². The molecule has 2 atom stereocenters. The molecule has 1 aromatic rings. The number of halogens is 1. The number of hydrogen-bond donors (Lipinski definition) is 1. The number of likely N-dealkylation sites (N-methyl/N-ethyl adjacent to an activating group) is 2. The molecule has 1 unspecified atom stereocenters. The van der Waals surface area contributed by atoms with E-state index in [9.17, 15) is 0 Å². The SMILES string of the molecule is C[C@H](N)c1ccc(N(C)C2CCCN(C)C2)c(Cl)c1. The highest BCUT2D eigenvalue weighted by molar-refractivity contribution is 6.33. The van der Waals surface area contributed by atoms with Crippen molar-refractivity contribution >= 4 is 17.3 Å². The van der Waals surface area contributed by atoms with Crippen LogP contribution in [0.5, 0.6) is 0 Å². The van der Waals surface area contributed by atoms with Crippen LogP contribution in [0.15, 0.2) is 18.2 Å². The molecule has 1 heterocycles. The number of rotatable bonds is 3. The molecular weight excluding hydrogens is 258 g/mol. The van der Waals surface area contributed by atoms with Crippen molar-refractivity contribution in [2.24, 2.45) is 5.73 Å². The molecule has 0 bridgehead atoms. The van der Waals surface area contributed by atoms with E-state index in [0.717, 1.165) is 22.8 Å². The van der Waals surface area contributed by atoms with Crippen LogP contribution in [0, 0.1) is 0 Å². The second kappa shape index (κ2) is 6.12. The Balaban J connectivity index is 2.16. The number of nitrogens with zero attached hydrogens (tertiary/aromatic N) is 2. The molecule has 19 heavy (non-hydrogen) atoms. The summed E-state index contributed by atoms with van der Waals surface area (Å²) < 4.78 is 0. The summed E-state index contributed by atoms with van der Waals surface area (Å²) in [5.74, 6) is 0. The quantitative estimate of drug-likeness (QED) is 0.925. The van der Waals surface area contributed by atoms with E-state index in [1.54, 1.807) is 0 Å².